The van der Waals surface area contributed by atoms with Gasteiger partial charge in [-0.25, -0.2) is 0 Å². The van der Waals surface area contributed by atoms with E-state index in [0.717, 1.165) is 0 Å². The van der Waals surface area contributed by atoms with E-state index in [1.54, 1.807) is 0 Å². The van der Waals surface area contributed by atoms with Crippen LogP contribution in [-0.4, -0.2) is 28.6 Å². The summed E-state index contributed by atoms with van der Waals surface area (Å²) in [5, 5.41) is 0. The number of hydrogen-bond donors (Lipinski definition) is 0. The zero-order valence-electron chi connectivity index (χ0n) is 10.6. The van der Waals surface area contributed by atoms with Crippen LogP contribution in [-0.2, 0) is 13.3 Å². The number of rotatable bonds is 7. The van der Waals surface area contributed by atoms with Gasteiger partial charge in [0.15, 0.2) is 0 Å². The third kappa shape index (κ3) is 2.61. The molecule has 0 aliphatic heterocycles. The summed E-state index contributed by atoms with van der Waals surface area (Å²) in [5.41, 5.74) is 0.511. The molecule has 0 heterocycles. The normalized spacial score (nSPS) is 30.6. The lowest BCUT2D eigenvalue weighted by Gasteiger charge is -2.29. The monoisotopic (exact) mass is 232 g/mol. The van der Waals surface area contributed by atoms with Gasteiger partial charge < -0.3 is 13.3 Å². The van der Waals surface area contributed by atoms with Gasteiger partial charge in [0.05, 0.1) is 0 Å². The molecule has 0 aromatic carbocycles. The van der Waals surface area contributed by atoms with Crippen LogP contribution in [0.4, 0.5) is 0 Å². The summed E-state index contributed by atoms with van der Waals surface area (Å²) in [5.74, 6) is 1.36. The molecule has 1 fully saturated rings. The van der Waals surface area contributed by atoms with Crippen molar-refractivity contribution >= 4 is 8.80 Å². The third-order valence-electron chi connectivity index (χ3n) is 3.27. The Hall–Kier alpha value is 0.0969. The molecule has 0 bridgehead atoms. The van der Waals surface area contributed by atoms with Crippen LogP contribution >= 0.6 is 0 Å². The Labute approximate surface area is 94.5 Å². The van der Waals surface area contributed by atoms with Gasteiger partial charge in [0.2, 0.25) is 0 Å². The van der Waals surface area contributed by atoms with Crippen molar-refractivity contribution in [3.05, 3.63) is 0 Å². The Morgan fingerprint density at radius 3 is 1.33 bits per heavy atom. The van der Waals surface area contributed by atoms with Crippen LogP contribution in [0.25, 0.3) is 0 Å². The molecule has 1 rings (SSSR count). The van der Waals surface area contributed by atoms with Crippen molar-refractivity contribution in [2.45, 2.75) is 40.2 Å². The van der Waals surface area contributed by atoms with Gasteiger partial charge in [-0.15, -0.1) is 0 Å². The molecule has 90 valence electrons. The van der Waals surface area contributed by atoms with Crippen molar-refractivity contribution in [3.63, 3.8) is 0 Å². The average Bonchev–Trinajstić information content (AvgIpc) is 2.76. The zero-order valence-corrected chi connectivity index (χ0v) is 11.6. The maximum atomic E-state index is 5.87. The van der Waals surface area contributed by atoms with E-state index in [9.17, 15) is 0 Å². The zero-order chi connectivity index (χ0) is 11.5. The molecule has 0 saturated heterocycles. The summed E-state index contributed by atoms with van der Waals surface area (Å²) in [6, 6.07) is 0. The van der Waals surface area contributed by atoms with E-state index in [1.165, 1.54) is 0 Å². The van der Waals surface area contributed by atoms with Gasteiger partial charge in [0.1, 0.15) is 0 Å². The first-order valence-corrected chi connectivity index (χ1v) is 7.85. The summed E-state index contributed by atoms with van der Waals surface area (Å²) in [7, 11) is -2.39. The number of hydrogen-bond acceptors (Lipinski definition) is 3. The van der Waals surface area contributed by atoms with E-state index in [4.69, 9.17) is 13.3 Å². The fourth-order valence-corrected chi connectivity index (χ4v) is 6.14. The average molecular weight is 232 g/mol. The Morgan fingerprint density at radius 1 is 0.800 bits per heavy atom. The molecule has 0 radical (unpaired) electrons. The first-order chi connectivity index (χ1) is 7.13. The SMILES string of the molecule is CCO[Si](OCC)(OCC)C1C(C)C1C. The molecule has 0 spiro atoms. The fraction of sp³-hybridized carbons (Fsp3) is 1.00. The van der Waals surface area contributed by atoms with Gasteiger partial charge in [0, 0.05) is 25.4 Å². The van der Waals surface area contributed by atoms with Gasteiger partial charge in [-0.2, -0.15) is 0 Å². The molecule has 0 N–H and O–H groups in total. The first kappa shape index (κ1) is 13.2. The Balaban J connectivity index is 2.72. The molecule has 15 heavy (non-hydrogen) atoms. The van der Waals surface area contributed by atoms with Gasteiger partial charge in [0.25, 0.3) is 0 Å². The maximum Gasteiger partial charge on any atom is 0.504 e. The van der Waals surface area contributed by atoms with Crippen LogP contribution in [0, 0.1) is 11.8 Å². The molecule has 2 unspecified atom stereocenters. The molecule has 4 heteroatoms. The molecule has 1 aliphatic carbocycles. The molecule has 0 aromatic heterocycles. The lowest BCUT2D eigenvalue weighted by molar-refractivity contribution is 0.0676. The molecular formula is C11H24O3Si. The second-order valence-corrected chi connectivity index (χ2v) is 6.89. The molecule has 0 amide bonds. The predicted molar refractivity (Wildman–Crippen MR) is 62.7 cm³/mol. The quantitative estimate of drug-likeness (QED) is 0.632. The third-order valence-corrected chi connectivity index (χ3v) is 7.21. The largest absolute Gasteiger partial charge is 0.504 e. The highest BCUT2D eigenvalue weighted by atomic mass is 28.4. The van der Waals surface area contributed by atoms with Gasteiger partial charge in [-0.3, -0.25) is 0 Å². The van der Waals surface area contributed by atoms with Gasteiger partial charge in [-0.05, 0) is 32.6 Å². The van der Waals surface area contributed by atoms with E-state index in [2.05, 4.69) is 13.8 Å². The van der Waals surface area contributed by atoms with Crippen LogP contribution in [0.1, 0.15) is 34.6 Å². The molecule has 2 atom stereocenters. The van der Waals surface area contributed by atoms with Crippen molar-refractivity contribution in [3.8, 4) is 0 Å². The van der Waals surface area contributed by atoms with E-state index in [1.807, 2.05) is 20.8 Å². The topological polar surface area (TPSA) is 27.7 Å². The molecule has 3 nitrogen and oxygen atoms in total. The van der Waals surface area contributed by atoms with Crippen LogP contribution in [0.2, 0.25) is 5.54 Å². The minimum absolute atomic E-state index is 0.511. The smallest absolute Gasteiger partial charge is 0.374 e. The second kappa shape index (κ2) is 5.43. The minimum atomic E-state index is -2.39. The van der Waals surface area contributed by atoms with Crippen LogP contribution in [0.3, 0.4) is 0 Å². The lowest BCUT2D eigenvalue weighted by Crippen LogP contribution is -2.47. The summed E-state index contributed by atoms with van der Waals surface area (Å²) in [6.07, 6.45) is 0. The fourth-order valence-electron chi connectivity index (χ4n) is 2.32. The first-order valence-electron chi connectivity index (χ1n) is 6.04. The Bertz CT molecular complexity index is 173. The Kier molecular flexibility index (Phi) is 4.77. The highest BCUT2D eigenvalue weighted by molar-refractivity contribution is 6.63. The maximum absolute atomic E-state index is 5.87. The minimum Gasteiger partial charge on any atom is -0.374 e. The summed E-state index contributed by atoms with van der Waals surface area (Å²) in [4.78, 5) is 0. The highest BCUT2D eigenvalue weighted by Crippen LogP contribution is 2.57. The highest BCUT2D eigenvalue weighted by Gasteiger charge is 2.64. The van der Waals surface area contributed by atoms with Gasteiger partial charge >= 0.3 is 8.80 Å². The molecular weight excluding hydrogens is 208 g/mol. The van der Waals surface area contributed by atoms with E-state index in [-0.39, 0.29) is 0 Å². The standard InChI is InChI=1S/C11H24O3Si/c1-6-12-15(13-7-2,14-8-3)11-9(4)10(11)5/h9-11H,6-8H2,1-5H3. The summed E-state index contributed by atoms with van der Waals surface area (Å²) >= 11 is 0. The van der Waals surface area contributed by atoms with Crippen molar-refractivity contribution in [2.75, 3.05) is 19.8 Å². The summed E-state index contributed by atoms with van der Waals surface area (Å²) in [6.45, 7) is 12.6. The second-order valence-electron chi connectivity index (χ2n) is 4.15. The van der Waals surface area contributed by atoms with E-state index in [0.29, 0.717) is 37.2 Å². The molecule has 1 aliphatic rings. The van der Waals surface area contributed by atoms with Crippen molar-refractivity contribution in [1.82, 2.24) is 0 Å². The van der Waals surface area contributed by atoms with Crippen LogP contribution in [0.5, 0.6) is 0 Å². The van der Waals surface area contributed by atoms with E-state index < -0.39 is 8.80 Å². The van der Waals surface area contributed by atoms with Crippen molar-refractivity contribution < 1.29 is 13.3 Å². The van der Waals surface area contributed by atoms with Crippen molar-refractivity contribution in [1.29, 1.82) is 0 Å². The van der Waals surface area contributed by atoms with Crippen molar-refractivity contribution in [2.24, 2.45) is 11.8 Å². The predicted octanol–water partition coefficient (Wildman–Crippen LogP) is 2.69. The molecule has 1 saturated carbocycles. The summed E-state index contributed by atoms with van der Waals surface area (Å²) < 4.78 is 17.6. The van der Waals surface area contributed by atoms with Crippen LogP contribution in [0.15, 0.2) is 0 Å². The van der Waals surface area contributed by atoms with E-state index >= 15 is 0 Å². The Morgan fingerprint density at radius 2 is 1.13 bits per heavy atom. The molecule has 0 aromatic rings. The lowest BCUT2D eigenvalue weighted by atomic mass is 10.4. The van der Waals surface area contributed by atoms with Gasteiger partial charge in [-0.1, -0.05) is 13.8 Å². The van der Waals surface area contributed by atoms with Crippen LogP contribution < -0.4 is 0 Å².